The zero-order valence-electron chi connectivity index (χ0n) is 11.0. The molecule has 1 fully saturated rings. The van der Waals surface area contributed by atoms with Crippen LogP contribution in [0.4, 0.5) is 0 Å². The van der Waals surface area contributed by atoms with Gasteiger partial charge in [-0.15, -0.1) is 0 Å². The predicted octanol–water partition coefficient (Wildman–Crippen LogP) is 2.30. The van der Waals surface area contributed by atoms with Crippen LogP contribution in [0, 0.1) is 5.92 Å². The van der Waals surface area contributed by atoms with Gasteiger partial charge in [0.15, 0.2) is 11.5 Å². The summed E-state index contributed by atoms with van der Waals surface area (Å²) in [5.41, 5.74) is 1.91. The van der Waals surface area contributed by atoms with Gasteiger partial charge in [0.1, 0.15) is 0 Å². The molecule has 3 aliphatic heterocycles. The molecule has 102 valence electrons. The molecule has 3 atom stereocenters. The molecule has 1 saturated heterocycles. The van der Waals surface area contributed by atoms with Crippen molar-refractivity contribution in [2.75, 3.05) is 13.3 Å². The van der Waals surface area contributed by atoms with Crippen LogP contribution >= 0.6 is 0 Å². The molecule has 0 N–H and O–H groups in total. The lowest BCUT2D eigenvalue weighted by Crippen LogP contribution is -2.46. The summed E-state index contributed by atoms with van der Waals surface area (Å²) in [4.78, 5) is 14.8. The fourth-order valence-electron chi connectivity index (χ4n) is 4.24. The Morgan fingerprint density at radius 2 is 2.05 bits per heavy atom. The molecule has 0 bridgehead atoms. The van der Waals surface area contributed by atoms with Crippen LogP contribution in [0.1, 0.15) is 34.7 Å². The Kier molecular flexibility index (Phi) is 1.92. The molecular weight excluding hydrogens is 254 g/mol. The van der Waals surface area contributed by atoms with Gasteiger partial charge >= 0.3 is 0 Å². The third kappa shape index (κ3) is 1.20. The SMILES string of the molecule is O=C1c2cc3c(cc2[C@@H]2C=CC[C@@H]4CCN1[C@@H]42)OCO3. The van der Waals surface area contributed by atoms with E-state index in [1.165, 1.54) is 0 Å². The minimum Gasteiger partial charge on any atom is -0.454 e. The van der Waals surface area contributed by atoms with Gasteiger partial charge in [-0.2, -0.15) is 0 Å². The second-order valence-corrected chi connectivity index (χ2v) is 6.02. The number of fused-ring (bicyclic) bond motifs is 3. The van der Waals surface area contributed by atoms with E-state index in [-0.39, 0.29) is 12.7 Å². The smallest absolute Gasteiger partial charge is 0.254 e. The highest BCUT2D eigenvalue weighted by Crippen LogP contribution is 2.48. The van der Waals surface area contributed by atoms with E-state index < -0.39 is 0 Å². The lowest BCUT2D eigenvalue weighted by atomic mass is 9.75. The standard InChI is InChI=1S/C16H15NO3/c18-16-12-7-14-13(19-8-20-14)6-11(12)10-3-1-2-9-4-5-17(16)15(9)10/h1,3,6-7,9-10,15H,2,4-5,8H2/t9-,10+,15+/m1/s1. The Morgan fingerprint density at radius 3 is 2.95 bits per heavy atom. The molecule has 1 aromatic rings. The zero-order chi connectivity index (χ0) is 13.3. The van der Waals surface area contributed by atoms with E-state index in [0.717, 1.165) is 36.3 Å². The fraction of sp³-hybridized carbons (Fsp3) is 0.438. The van der Waals surface area contributed by atoms with E-state index >= 15 is 0 Å². The van der Waals surface area contributed by atoms with Gasteiger partial charge in [-0.05, 0) is 36.5 Å². The quantitative estimate of drug-likeness (QED) is 0.678. The molecule has 5 rings (SSSR count). The van der Waals surface area contributed by atoms with Crippen LogP contribution in [0.15, 0.2) is 24.3 Å². The van der Waals surface area contributed by atoms with Crippen molar-refractivity contribution in [3.05, 3.63) is 35.4 Å². The molecular formula is C16H15NO3. The van der Waals surface area contributed by atoms with Gasteiger partial charge in [0, 0.05) is 24.1 Å². The molecule has 0 spiro atoms. The minimum absolute atomic E-state index is 0.164. The molecule has 4 nitrogen and oxygen atoms in total. The molecule has 3 heterocycles. The van der Waals surface area contributed by atoms with Gasteiger partial charge in [-0.1, -0.05) is 12.2 Å². The van der Waals surface area contributed by atoms with Gasteiger partial charge in [-0.3, -0.25) is 4.79 Å². The Morgan fingerprint density at radius 1 is 1.20 bits per heavy atom. The second kappa shape index (κ2) is 3.57. The van der Waals surface area contributed by atoms with Gasteiger partial charge in [0.05, 0.1) is 0 Å². The van der Waals surface area contributed by atoms with Crippen LogP contribution in [0.2, 0.25) is 0 Å². The molecule has 4 aliphatic rings. The number of rotatable bonds is 0. The van der Waals surface area contributed by atoms with Crippen molar-refractivity contribution >= 4 is 5.91 Å². The molecule has 20 heavy (non-hydrogen) atoms. The zero-order valence-corrected chi connectivity index (χ0v) is 11.0. The van der Waals surface area contributed by atoms with Gasteiger partial charge in [0.2, 0.25) is 6.79 Å². The summed E-state index contributed by atoms with van der Waals surface area (Å²) in [7, 11) is 0. The maximum Gasteiger partial charge on any atom is 0.254 e. The van der Waals surface area contributed by atoms with Crippen molar-refractivity contribution in [2.24, 2.45) is 5.92 Å². The summed E-state index contributed by atoms with van der Waals surface area (Å²) < 4.78 is 10.9. The molecule has 0 aromatic heterocycles. The van der Waals surface area contributed by atoms with Gasteiger partial charge in [0.25, 0.3) is 5.91 Å². The Balaban J connectivity index is 1.74. The number of allylic oxidation sites excluding steroid dienone is 1. The number of ether oxygens (including phenoxy) is 2. The van der Waals surface area contributed by atoms with Crippen molar-refractivity contribution in [1.82, 2.24) is 4.90 Å². The number of amides is 1. The topological polar surface area (TPSA) is 38.8 Å². The second-order valence-electron chi connectivity index (χ2n) is 6.02. The monoisotopic (exact) mass is 269 g/mol. The number of benzene rings is 1. The maximum absolute atomic E-state index is 12.7. The summed E-state index contributed by atoms with van der Waals surface area (Å²) in [5, 5.41) is 0. The summed E-state index contributed by atoms with van der Waals surface area (Å²) in [6.45, 7) is 1.14. The predicted molar refractivity (Wildman–Crippen MR) is 72.0 cm³/mol. The molecule has 1 aromatic carbocycles. The third-order valence-corrected chi connectivity index (χ3v) is 5.13. The number of nitrogens with zero attached hydrogens (tertiary/aromatic N) is 1. The third-order valence-electron chi connectivity index (χ3n) is 5.13. The Hall–Kier alpha value is -1.97. The van der Waals surface area contributed by atoms with E-state index in [0.29, 0.717) is 23.6 Å². The normalized spacial score (nSPS) is 32.3. The van der Waals surface area contributed by atoms with E-state index in [4.69, 9.17) is 9.47 Å². The van der Waals surface area contributed by atoms with Crippen molar-refractivity contribution in [3.63, 3.8) is 0 Å². The first-order valence-corrected chi connectivity index (χ1v) is 7.24. The Bertz CT molecular complexity index is 651. The van der Waals surface area contributed by atoms with E-state index in [2.05, 4.69) is 17.1 Å². The van der Waals surface area contributed by atoms with Crippen LogP contribution in [-0.4, -0.2) is 30.2 Å². The van der Waals surface area contributed by atoms with E-state index in [1.807, 2.05) is 12.1 Å². The highest BCUT2D eigenvalue weighted by Gasteiger charge is 2.47. The van der Waals surface area contributed by atoms with Crippen LogP contribution in [0.5, 0.6) is 11.5 Å². The lowest BCUT2D eigenvalue weighted by Gasteiger charge is -2.41. The van der Waals surface area contributed by atoms with E-state index in [1.54, 1.807) is 0 Å². The highest BCUT2D eigenvalue weighted by molar-refractivity contribution is 5.99. The summed E-state index contributed by atoms with van der Waals surface area (Å²) in [6, 6.07) is 4.23. The van der Waals surface area contributed by atoms with Crippen LogP contribution < -0.4 is 9.47 Å². The summed E-state index contributed by atoms with van der Waals surface area (Å²) in [6.07, 6.45) is 6.77. The van der Waals surface area contributed by atoms with Crippen molar-refractivity contribution in [3.8, 4) is 11.5 Å². The van der Waals surface area contributed by atoms with Crippen molar-refractivity contribution in [2.45, 2.75) is 24.8 Å². The first-order valence-electron chi connectivity index (χ1n) is 7.24. The lowest BCUT2D eigenvalue weighted by molar-refractivity contribution is 0.0671. The van der Waals surface area contributed by atoms with Crippen LogP contribution in [-0.2, 0) is 0 Å². The number of hydrogen-bond acceptors (Lipinski definition) is 3. The van der Waals surface area contributed by atoms with Crippen LogP contribution in [0.3, 0.4) is 0 Å². The first kappa shape index (κ1) is 10.8. The Labute approximate surface area is 117 Å². The maximum atomic E-state index is 12.7. The minimum atomic E-state index is 0.164. The van der Waals surface area contributed by atoms with Crippen LogP contribution in [0.25, 0.3) is 0 Å². The molecule has 0 radical (unpaired) electrons. The number of carbonyl (C=O) groups is 1. The van der Waals surface area contributed by atoms with Crippen molar-refractivity contribution < 1.29 is 14.3 Å². The molecule has 0 unspecified atom stereocenters. The highest BCUT2D eigenvalue weighted by atomic mass is 16.7. The number of carbonyl (C=O) groups excluding carboxylic acids is 1. The van der Waals surface area contributed by atoms with Gasteiger partial charge < -0.3 is 14.4 Å². The largest absolute Gasteiger partial charge is 0.454 e. The summed E-state index contributed by atoms with van der Waals surface area (Å²) in [5.74, 6) is 2.58. The molecule has 0 saturated carbocycles. The molecule has 1 amide bonds. The van der Waals surface area contributed by atoms with Crippen molar-refractivity contribution in [1.29, 1.82) is 0 Å². The average molecular weight is 269 g/mol. The fourth-order valence-corrected chi connectivity index (χ4v) is 4.24. The first-order chi connectivity index (χ1) is 9.83. The van der Waals surface area contributed by atoms with Gasteiger partial charge in [-0.25, -0.2) is 0 Å². The summed E-state index contributed by atoms with van der Waals surface area (Å²) >= 11 is 0. The molecule has 4 heteroatoms. The average Bonchev–Trinajstić information content (AvgIpc) is 3.10. The van der Waals surface area contributed by atoms with E-state index in [9.17, 15) is 4.79 Å². The molecule has 1 aliphatic carbocycles. The number of hydrogen-bond donors (Lipinski definition) is 0.